The number of rotatable bonds is 0. The largest absolute Gasteiger partial charge is 0.248 e. The lowest BCUT2D eigenvalue weighted by Gasteiger charge is -1.74. The van der Waals surface area contributed by atoms with Gasteiger partial charge in [0.15, 0.2) is 0 Å². The second kappa shape index (κ2) is 2.16. The van der Waals surface area contributed by atoms with Gasteiger partial charge in [0.2, 0.25) is 0 Å². The first-order chi connectivity index (χ1) is 2.89. The van der Waals surface area contributed by atoms with Gasteiger partial charge in [0.1, 0.15) is 3.53 Å². The van der Waals surface area contributed by atoms with E-state index in [4.69, 9.17) is 12.2 Å². The van der Waals surface area contributed by atoms with Crippen molar-refractivity contribution in [2.45, 2.75) is 0 Å². The molecule has 0 aliphatic carbocycles. The minimum atomic E-state index is 0.976. The van der Waals surface area contributed by atoms with E-state index in [1.165, 1.54) is 0 Å². The molecule has 4 heteroatoms. The first kappa shape index (κ1) is 4.90. The Bertz CT molecular complexity index is 63.2. The summed E-state index contributed by atoms with van der Waals surface area (Å²) < 4.78 is 4.02. The Balaban J connectivity index is 2.37. The van der Waals surface area contributed by atoms with Crippen molar-refractivity contribution in [3.8, 4) is 0 Å². The SMILES string of the molecule is S=C1SCNS1. The minimum Gasteiger partial charge on any atom is -0.248 e. The maximum absolute atomic E-state index is 4.78. The lowest BCUT2D eigenvalue weighted by molar-refractivity contribution is 1.26. The summed E-state index contributed by atoms with van der Waals surface area (Å²) in [4.78, 5) is 0. The summed E-state index contributed by atoms with van der Waals surface area (Å²) in [6.07, 6.45) is 0. The maximum atomic E-state index is 4.78. The molecular weight excluding hydrogens is 134 g/mol. The zero-order valence-corrected chi connectivity index (χ0v) is 5.38. The molecule has 1 N–H and O–H groups in total. The molecule has 1 aliphatic rings. The summed E-state index contributed by atoms with van der Waals surface area (Å²) in [6, 6.07) is 0. The summed E-state index contributed by atoms with van der Waals surface area (Å²) in [5.41, 5.74) is 0. The van der Waals surface area contributed by atoms with Crippen LogP contribution in [0.1, 0.15) is 0 Å². The molecule has 0 radical (unpaired) electrons. The standard InChI is InChI=1S/C2H3NS3/c4-2-5-1-3-6-2/h3H,1H2. The van der Waals surface area contributed by atoms with Crippen LogP contribution in [0.25, 0.3) is 0 Å². The molecule has 0 spiro atoms. The van der Waals surface area contributed by atoms with Gasteiger partial charge in [0, 0.05) is 0 Å². The number of hydrogen-bond acceptors (Lipinski definition) is 4. The molecule has 0 aromatic rings. The molecule has 1 aliphatic heterocycles. The number of thiocarbonyl (C=S) groups is 1. The quantitative estimate of drug-likeness (QED) is 0.397. The van der Waals surface area contributed by atoms with Crippen LogP contribution in [-0.2, 0) is 0 Å². The monoisotopic (exact) mass is 137 g/mol. The van der Waals surface area contributed by atoms with E-state index in [1.807, 2.05) is 0 Å². The normalized spacial score (nSPS) is 22.3. The molecule has 0 saturated carbocycles. The molecule has 0 aromatic heterocycles. The topological polar surface area (TPSA) is 12.0 Å². The van der Waals surface area contributed by atoms with Crippen molar-refractivity contribution in [1.29, 1.82) is 0 Å². The van der Waals surface area contributed by atoms with Gasteiger partial charge in [-0.05, 0) is 11.9 Å². The minimum absolute atomic E-state index is 0.976. The van der Waals surface area contributed by atoms with Crippen LogP contribution in [0, 0.1) is 0 Å². The third-order valence-corrected chi connectivity index (χ3v) is 2.77. The van der Waals surface area contributed by atoms with E-state index >= 15 is 0 Å². The van der Waals surface area contributed by atoms with E-state index in [2.05, 4.69) is 4.72 Å². The average Bonchev–Trinajstić information content (AvgIpc) is 1.86. The Kier molecular flexibility index (Phi) is 1.76. The van der Waals surface area contributed by atoms with Gasteiger partial charge in [-0.3, -0.25) is 0 Å². The first-order valence-electron chi connectivity index (χ1n) is 1.46. The molecule has 6 heavy (non-hydrogen) atoms. The highest BCUT2D eigenvalue weighted by molar-refractivity contribution is 8.48. The molecular formula is C2H3NS3. The summed E-state index contributed by atoms with van der Waals surface area (Å²) >= 11 is 8.00. The molecule has 0 unspecified atom stereocenters. The van der Waals surface area contributed by atoms with Crippen LogP contribution in [0.3, 0.4) is 0 Å². The molecule has 0 bridgehead atoms. The highest BCUT2D eigenvalue weighted by Gasteiger charge is 2.03. The Hall–Kier alpha value is 0.750. The molecule has 0 atom stereocenters. The highest BCUT2D eigenvalue weighted by atomic mass is 32.2. The fourth-order valence-electron chi connectivity index (χ4n) is 0.206. The smallest absolute Gasteiger partial charge is 0.120 e. The lowest BCUT2D eigenvalue weighted by atomic mass is 11.5. The van der Waals surface area contributed by atoms with Gasteiger partial charge in [-0.1, -0.05) is 24.0 Å². The molecule has 1 saturated heterocycles. The molecule has 1 nitrogen and oxygen atoms in total. The van der Waals surface area contributed by atoms with Gasteiger partial charge in [-0.2, -0.15) is 0 Å². The van der Waals surface area contributed by atoms with Crippen LogP contribution in [0.2, 0.25) is 0 Å². The number of thioether (sulfide) groups is 1. The van der Waals surface area contributed by atoms with Crippen molar-refractivity contribution in [3.05, 3.63) is 0 Å². The fourth-order valence-corrected chi connectivity index (χ4v) is 1.86. The predicted octanol–water partition coefficient (Wildman–Crippen LogP) is 1.21. The fraction of sp³-hybridized carbons (Fsp3) is 0.500. The van der Waals surface area contributed by atoms with Crippen molar-refractivity contribution in [1.82, 2.24) is 4.72 Å². The van der Waals surface area contributed by atoms with Crippen LogP contribution in [0.15, 0.2) is 0 Å². The van der Waals surface area contributed by atoms with E-state index in [1.54, 1.807) is 23.7 Å². The van der Waals surface area contributed by atoms with Gasteiger partial charge in [-0.25, -0.2) is 4.72 Å². The molecule has 1 fully saturated rings. The van der Waals surface area contributed by atoms with Crippen LogP contribution in [0.5, 0.6) is 0 Å². The Morgan fingerprint density at radius 3 is 2.83 bits per heavy atom. The Morgan fingerprint density at radius 1 is 1.83 bits per heavy atom. The van der Waals surface area contributed by atoms with E-state index in [9.17, 15) is 0 Å². The second-order valence-corrected chi connectivity index (χ2v) is 3.86. The van der Waals surface area contributed by atoms with E-state index in [-0.39, 0.29) is 0 Å². The lowest BCUT2D eigenvalue weighted by Crippen LogP contribution is -1.89. The van der Waals surface area contributed by atoms with Crippen molar-refractivity contribution in [3.63, 3.8) is 0 Å². The van der Waals surface area contributed by atoms with Crippen LogP contribution in [0.4, 0.5) is 0 Å². The molecule has 0 amide bonds. The first-order valence-corrected chi connectivity index (χ1v) is 3.67. The van der Waals surface area contributed by atoms with Crippen LogP contribution < -0.4 is 4.72 Å². The predicted molar refractivity (Wildman–Crippen MR) is 35.8 cm³/mol. The van der Waals surface area contributed by atoms with Crippen molar-refractivity contribution >= 4 is 39.5 Å². The molecule has 1 heterocycles. The van der Waals surface area contributed by atoms with Crippen LogP contribution >= 0.6 is 35.9 Å². The van der Waals surface area contributed by atoms with Crippen molar-refractivity contribution < 1.29 is 0 Å². The van der Waals surface area contributed by atoms with Gasteiger partial charge in [0.05, 0.1) is 5.88 Å². The maximum Gasteiger partial charge on any atom is 0.120 e. The van der Waals surface area contributed by atoms with Gasteiger partial charge < -0.3 is 0 Å². The third-order valence-electron chi connectivity index (χ3n) is 0.404. The summed E-state index contributed by atoms with van der Waals surface area (Å²) in [6.45, 7) is 0. The van der Waals surface area contributed by atoms with E-state index in [0.29, 0.717) is 0 Å². The third kappa shape index (κ3) is 1.11. The Labute approximate surface area is 50.4 Å². The number of hydrogen-bond donors (Lipinski definition) is 1. The molecule has 1 rings (SSSR count). The summed E-state index contributed by atoms with van der Waals surface area (Å²) in [7, 11) is 0. The van der Waals surface area contributed by atoms with Crippen molar-refractivity contribution in [2.24, 2.45) is 0 Å². The second-order valence-electron chi connectivity index (χ2n) is 0.785. The van der Waals surface area contributed by atoms with E-state index in [0.717, 1.165) is 9.41 Å². The van der Waals surface area contributed by atoms with Gasteiger partial charge in [0.25, 0.3) is 0 Å². The molecule has 34 valence electrons. The van der Waals surface area contributed by atoms with E-state index < -0.39 is 0 Å². The van der Waals surface area contributed by atoms with Gasteiger partial charge >= 0.3 is 0 Å². The van der Waals surface area contributed by atoms with Crippen LogP contribution in [-0.4, -0.2) is 9.41 Å². The number of nitrogens with one attached hydrogen (secondary N) is 1. The highest BCUT2D eigenvalue weighted by Crippen LogP contribution is 2.20. The Morgan fingerprint density at radius 2 is 2.67 bits per heavy atom. The van der Waals surface area contributed by atoms with Gasteiger partial charge in [-0.15, -0.1) is 0 Å². The summed E-state index contributed by atoms with van der Waals surface area (Å²) in [5.74, 6) is 0.976. The average molecular weight is 137 g/mol. The zero-order chi connectivity index (χ0) is 4.41. The zero-order valence-electron chi connectivity index (χ0n) is 2.93. The molecule has 0 aromatic carbocycles. The van der Waals surface area contributed by atoms with Crippen molar-refractivity contribution in [2.75, 3.05) is 5.88 Å². The summed E-state index contributed by atoms with van der Waals surface area (Å²) in [5, 5.41) is 0.